The molecular weight excluding hydrogens is 372 g/mol. The first-order chi connectivity index (χ1) is 12.0. The Balaban J connectivity index is 1.76. The molecular formula is C19H23ClN2OS2. The SMILES string of the molecule is Cc1cc(C)c(NC(=S)N(Cc2cccs2)C[C@@H]2CCCO2)c(Cl)c1. The molecule has 1 atom stereocenters. The minimum atomic E-state index is 0.245. The van der Waals surface area contributed by atoms with Crippen LogP contribution >= 0.6 is 35.2 Å². The number of nitrogens with zero attached hydrogens (tertiary/aromatic N) is 1. The molecule has 0 amide bonds. The lowest BCUT2D eigenvalue weighted by Gasteiger charge is -2.28. The first kappa shape index (κ1) is 18.6. The summed E-state index contributed by atoms with van der Waals surface area (Å²) in [5.74, 6) is 0. The maximum atomic E-state index is 6.43. The molecule has 1 aromatic carbocycles. The van der Waals surface area contributed by atoms with Crippen LogP contribution in [0.2, 0.25) is 5.02 Å². The quantitative estimate of drug-likeness (QED) is 0.686. The summed E-state index contributed by atoms with van der Waals surface area (Å²) >= 11 is 13.9. The lowest BCUT2D eigenvalue weighted by Crippen LogP contribution is -2.39. The Labute approximate surface area is 163 Å². The number of hydrogen-bond acceptors (Lipinski definition) is 3. The third-order valence-electron chi connectivity index (χ3n) is 4.33. The topological polar surface area (TPSA) is 24.5 Å². The van der Waals surface area contributed by atoms with Gasteiger partial charge >= 0.3 is 0 Å². The molecule has 1 saturated heterocycles. The van der Waals surface area contributed by atoms with Gasteiger partial charge in [0, 0.05) is 18.0 Å². The molecule has 1 aromatic heterocycles. The zero-order valence-corrected chi connectivity index (χ0v) is 16.9. The van der Waals surface area contributed by atoms with Gasteiger partial charge in [0.05, 0.1) is 23.4 Å². The van der Waals surface area contributed by atoms with Crippen LogP contribution < -0.4 is 5.32 Å². The van der Waals surface area contributed by atoms with E-state index >= 15 is 0 Å². The van der Waals surface area contributed by atoms with Crippen molar-refractivity contribution in [2.75, 3.05) is 18.5 Å². The van der Waals surface area contributed by atoms with Crippen molar-refractivity contribution in [2.45, 2.75) is 39.3 Å². The van der Waals surface area contributed by atoms with Crippen LogP contribution in [0.5, 0.6) is 0 Å². The fourth-order valence-corrected chi connectivity index (χ4v) is 4.43. The van der Waals surface area contributed by atoms with Gasteiger partial charge in [-0.2, -0.15) is 0 Å². The molecule has 0 unspecified atom stereocenters. The van der Waals surface area contributed by atoms with Crippen molar-refractivity contribution in [1.82, 2.24) is 4.90 Å². The lowest BCUT2D eigenvalue weighted by atomic mass is 10.1. The van der Waals surface area contributed by atoms with Gasteiger partial charge in [-0.15, -0.1) is 11.3 Å². The van der Waals surface area contributed by atoms with Crippen LogP contribution in [0.3, 0.4) is 0 Å². The fourth-order valence-electron chi connectivity index (χ4n) is 3.10. The van der Waals surface area contributed by atoms with E-state index < -0.39 is 0 Å². The number of thiocarbonyl (C=S) groups is 1. The minimum absolute atomic E-state index is 0.245. The number of thiophene rings is 1. The predicted octanol–water partition coefficient (Wildman–Crippen LogP) is 5.40. The Bertz CT molecular complexity index is 704. The third-order valence-corrected chi connectivity index (χ3v) is 5.85. The number of aryl methyl sites for hydroxylation is 2. The molecule has 0 spiro atoms. The number of anilines is 1. The molecule has 0 bridgehead atoms. The van der Waals surface area contributed by atoms with E-state index in [2.05, 4.69) is 33.8 Å². The van der Waals surface area contributed by atoms with Crippen LogP contribution in [0.15, 0.2) is 29.6 Å². The van der Waals surface area contributed by atoms with Gasteiger partial charge in [0.1, 0.15) is 0 Å². The monoisotopic (exact) mass is 394 g/mol. The molecule has 0 aliphatic carbocycles. The minimum Gasteiger partial charge on any atom is -0.376 e. The number of rotatable bonds is 5. The number of nitrogens with one attached hydrogen (secondary N) is 1. The molecule has 25 heavy (non-hydrogen) atoms. The first-order valence-electron chi connectivity index (χ1n) is 8.49. The van der Waals surface area contributed by atoms with E-state index in [1.54, 1.807) is 11.3 Å². The van der Waals surface area contributed by atoms with Crippen LogP contribution in [0, 0.1) is 13.8 Å². The van der Waals surface area contributed by atoms with Crippen LogP contribution in [0.25, 0.3) is 0 Å². The van der Waals surface area contributed by atoms with Crippen molar-refractivity contribution in [3.63, 3.8) is 0 Å². The van der Waals surface area contributed by atoms with E-state index in [9.17, 15) is 0 Å². The standard InChI is InChI=1S/C19H23ClN2OS2/c1-13-9-14(2)18(17(20)10-13)21-19(24)22(11-15-5-3-7-23-15)12-16-6-4-8-25-16/h4,6,8-10,15H,3,5,7,11-12H2,1-2H3,(H,21,24)/t15-/m0/s1. The van der Waals surface area contributed by atoms with Gasteiger partial charge in [0.2, 0.25) is 0 Å². The van der Waals surface area contributed by atoms with Gasteiger partial charge in [-0.25, -0.2) is 0 Å². The lowest BCUT2D eigenvalue weighted by molar-refractivity contribution is 0.0907. The number of benzene rings is 1. The van der Waals surface area contributed by atoms with Crippen LogP contribution in [-0.4, -0.2) is 29.3 Å². The Hall–Kier alpha value is -1.14. The molecule has 0 saturated carbocycles. The highest BCUT2D eigenvalue weighted by atomic mass is 35.5. The maximum absolute atomic E-state index is 6.43. The summed E-state index contributed by atoms with van der Waals surface area (Å²) in [4.78, 5) is 3.47. The molecule has 3 rings (SSSR count). The average Bonchev–Trinajstić information content (AvgIpc) is 3.23. The second-order valence-electron chi connectivity index (χ2n) is 6.46. The van der Waals surface area contributed by atoms with Gasteiger partial charge in [0.15, 0.2) is 5.11 Å². The summed E-state index contributed by atoms with van der Waals surface area (Å²) < 4.78 is 5.81. The smallest absolute Gasteiger partial charge is 0.173 e. The normalized spacial score (nSPS) is 16.8. The highest BCUT2D eigenvalue weighted by Crippen LogP contribution is 2.28. The second kappa shape index (κ2) is 8.49. The Morgan fingerprint density at radius 3 is 2.92 bits per heavy atom. The third kappa shape index (κ3) is 4.94. The van der Waals surface area contributed by atoms with E-state index in [0.717, 1.165) is 49.4 Å². The van der Waals surface area contributed by atoms with Gasteiger partial charge in [-0.1, -0.05) is 23.7 Å². The molecule has 6 heteroatoms. The average molecular weight is 395 g/mol. The molecule has 134 valence electrons. The van der Waals surface area contributed by atoms with Crippen molar-refractivity contribution >= 4 is 46.0 Å². The Kier molecular flexibility index (Phi) is 6.34. The molecule has 1 aliphatic heterocycles. The van der Waals surface area contributed by atoms with Gasteiger partial charge < -0.3 is 15.0 Å². The van der Waals surface area contributed by atoms with Crippen molar-refractivity contribution in [2.24, 2.45) is 0 Å². The van der Waals surface area contributed by atoms with E-state index in [-0.39, 0.29) is 6.10 Å². The van der Waals surface area contributed by atoms with Gasteiger partial charge in [0.25, 0.3) is 0 Å². The van der Waals surface area contributed by atoms with Crippen LogP contribution in [0.1, 0.15) is 28.8 Å². The predicted molar refractivity (Wildman–Crippen MR) is 111 cm³/mol. The summed E-state index contributed by atoms with van der Waals surface area (Å²) in [7, 11) is 0. The zero-order valence-electron chi connectivity index (χ0n) is 14.5. The second-order valence-corrected chi connectivity index (χ2v) is 8.29. The summed E-state index contributed by atoms with van der Waals surface area (Å²) in [6, 6.07) is 8.28. The van der Waals surface area contributed by atoms with Crippen molar-refractivity contribution < 1.29 is 4.74 Å². The summed E-state index contributed by atoms with van der Waals surface area (Å²) in [5.41, 5.74) is 3.13. The van der Waals surface area contributed by atoms with Crippen molar-refractivity contribution in [3.8, 4) is 0 Å². The maximum Gasteiger partial charge on any atom is 0.173 e. The summed E-state index contributed by atoms with van der Waals surface area (Å²) in [6.07, 6.45) is 2.46. The van der Waals surface area contributed by atoms with Gasteiger partial charge in [-0.3, -0.25) is 0 Å². The number of hydrogen-bond donors (Lipinski definition) is 1. The van der Waals surface area contributed by atoms with Crippen molar-refractivity contribution in [1.29, 1.82) is 0 Å². The van der Waals surface area contributed by atoms with E-state index in [4.69, 9.17) is 28.6 Å². The summed E-state index contributed by atoms with van der Waals surface area (Å²) in [6.45, 7) is 6.52. The summed E-state index contributed by atoms with van der Waals surface area (Å²) in [5, 5.41) is 6.86. The van der Waals surface area contributed by atoms with E-state index in [1.165, 1.54) is 4.88 Å². The molecule has 1 N–H and O–H groups in total. The molecule has 1 aliphatic rings. The Morgan fingerprint density at radius 2 is 2.28 bits per heavy atom. The highest BCUT2D eigenvalue weighted by Gasteiger charge is 2.22. The van der Waals surface area contributed by atoms with Crippen molar-refractivity contribution in [3.05, 3.63) is 50.7 Å². The van der Waals surface area contributed by atoms with E-state index in [1.807, 2.05) is 19.9 Å². The number of halogens is 1. The van der Waals surface area contributed by atoms with Crippen LogP contribution in [0.4, 0.5) is 5.69 Å². The van der Waals surface area contributed by atoms with Gasteiger partial charge in [-0.05, 0) is 67.5 Å². The molecule has 0 radical (unpaired) electrons. The van der Waals surface area contributed by atoms with Crippen LogP contribution in [-0.2, 0) is 11.3 Å². The molecule has 2 aromatic rings. The first-order valence-corrected chi connectivity index (χ1v) is 10.2. The fraction of sp³-hybridized carbons (Fsp3) is 0.421. The van der Waals surface area contributed by atoms with E-state index in [0.29, 0.717) is 10.1 Å². The molecule has 2 heterocycles. The highest BCUT2D eigenvalue weighted by molar-refractivity contribution is 7.80. The largest absolute Gasteiger partial charge is 0.376 e. The number of ether oxygens (including phenoxy) is 1. The molecule has 1 fully saturated rings. The zero-order chi connectivity index (χ0) is 17.8. The Morgan fingerprint density at radius 1 is 1.44 bits per heavy atom. The molecule has 3 nitrogen and oxygen atoms in total.